The van der Waals surface area contributed by atoms with E-state index in [-0.39, 0.29) is 0 Å². The molecule has 1 rings (SSSR count). The molecule has 1 saturated carbocycles. The Labute approximate surface area is 81.1 Å². The predicted octanol–water partition coefficient (Wildman–Crippen LogP) is 2.48. The Bertz CT molecular complexity index is 161. The molecule has 0 aromatic carbocycles. The average molecular weight is 183 g/mol. The molecule has 1 atom stereocenters. The maximum atomic E-state index is 11.6. The summed E-state index contributed by atoms with van der Waals surface area (Å²) in [6.45, 7) is 4.24. The molecule has 0 aliphatic heterocycles. The average Bonchev–Trinajstić information content (AvgIpc) is 2.55. The highest BCUT2D eigenvalue weighted by Crippen LogP contribution is 2.24. The second-order valence-electron chi connectivity index (χ2n) is 4.18. The molecular weight excluding hydrogens is 162 g/mol. The predicted molar refractivity (Wildman–Crippen MR) is 54.5 cm³/mol. The summed E-state index contributed by atoms with van der Waals surface area (Å²) in [5.41, 5.74) is 0. The molecule has 0 aromatic rings. The van der Waals surface area contributed by atoms with Crippen LogP contribution in [0.4, 0.5) is 0 Å². The van der Waals surface area contributed by atoms with E-state index < -0.39 is 0 Å². The van der Waals surface area contributed by atoms with E-state index in [9.17, 15) is 4.79 Å². The fourth-order valence-corrected chi connectivity index (χ4v) is 2.05. The lowest BCUT2D eigenvalue weighted by Gasteiger charge is -2.15. The van der Waals surface area contributed by atoms with Crippen LogP contribution in [0.5, 0.6) is 0 Å². The van der Waals surface area contributed by atoms with Gasteiger partial charge in [-0.25, -0.2) is 0 Å². The van der Waals surface area contributed by atoms with Crippen LogP contribution >= 0.6 is 0 Å². The number of nitrogens with one attached hydrogen (secondary N) is 1. The molecule has 2 nitrogen and oxygen atoms in total. The molecule has 2 heteroatoms. The maximum absolute atomic E-state index is 11.6. The van der Waals surface area contributed by atoms with Crippen LogP contribution in [0.25, 0.3) is 0 Å². The van der Waals surface area contributed by atoms with Gasteiger partial charge in [0.15, 0.2) is 0 Å². The van der Waals surface area contributed by atoms with Gasteiger partial charge in [-0.15, -0.1) is 0 Å². The summed E-state index contributed by atoms with van der Waals surface area (Å²) in [4.78, 5) is 11.6. The summed E-state index contributed by atoms with van der Waals surface area (Å²) >= 11 is 0. The van der Waals surface area contributed by atoms with Gasteiger partial charge in [-0.2, -0.15) is 0 Å². The lowest BCUT2D eigenvalue weighted by molar-refractivity contribution is -0.125. The molecular formula is C11H21NO. The molecule has 1 aliphatic carbocycles. The Morgan fingerprint density at radius 1 is 1.46 bits per heavy atom. The third kappa shape index (κ3) is 3.37. The minimum absolute atomic E-state index is 0.290. The number of hydrogen-bond donors (Lipinski definition) is 1. The van der Waals surface area contributed by atoms with E-state index in [1.165, 1.54) is 12.8 Å². The Hall–Kier alpha value is -0.530. The summed E-state index contributed by atoms with van der Waals surface area (Å²) < 4.78 is 0. The lowest BCUT2D eigenvalue weighted by atomic mass is 10.1. The lowest BCUT2D eigenvalue weighted by Crippen LogP contribution is -2.36. The first kappa shape index (κ1) is 10.6. The Balaban J connectivity index is 2.23. The van der Waals surface area contributed by atoms with E-state index in [1.807, 2.05) is 0 Å². The summed E-state index contributed by atoms with van der Waals surface area (Å²) in [6, 6.07) is 0.359. The highest BCUT2D eigenvalue weighted by Gasteiger charge is 2.23. The van der Waals surface area contributed by atoms with E-state index in [0.29, 0.717) is 17.9 Å². The van der Waals surface area contributed by atoms with Gasteiger partial charge in [0.25, 0.3) is 0 Å². The van der Waals surface area contributed by atoms with Crippen LogP contribution < -0.4 is 5.32 Å². The molecule has 1 amide bonds. The van der Waals surface area contributed by atoms with Crippen LogP contribution in [0.2, 0.25) is 0 Å². The smallest absolute Gasteiger partial charge is 0.223 e. The van der Waals surface area contributed by atoms with E-state index >= 15 is 0 Å². The van der Waals surface area contributed by atoms with Crippen molar-refractivity contribution in [1.82, 2.24) is 5.32 Å². The monoisotopic (exact) mass is 183 g/mol. The Kier molecular flexibility index (Phi) is 4.26. The molecule has 1 N–H and O–H groups in total. The van der Waals surface area contributed by atoms with Crippen LogP contribution in [-0.2, 0) is 4.79 Å². The zero-order valence-corrected chi connectivity index (χ0v) is 8.81. The molecule has 76 valence electrons. The molecule has 1 fully saturated rings. The summed E-state index contributed by atoms with van der Waals surface area (Å²) in [5.74, 6) is 0.609. The van der Waals surface area contributed by atoms with Gasteiger partial charge in [-0.1, -0.05) is 26.2 Å². The number of carbonyl (C=O) groups excluding carboxylic acids is 1. The van der Waals surface area contributed by atoms with Gasteiger partial charge in [-0.05, 0) is 26.2 Å². The molecule has 0 unspecified atom stereocenters. The number of hydrogen-bond acceptors (Lipinski definition) is 1. The molecule has 0 radical (unpaired) electrons. The Morgan fingerprint density at radius 2 is 2.08 bits per heavy atom. The van der Waals surface area contributed by atoms with Crippen LogP contribution in [0, 0.1) is 5.92 Å². The van der Waals surface area contributed by atoms with E-state index in [4.69, 9.17) is 0 Å². The fourth-order valence-electron chi connectivity index (χ4n) is 2.05. The van der Waals surface area contributed by atoms with Crippen molar-refractivity contribution >= 4 is 5.91 Å². The van der Waals surface area contributed by atoms with Crippen molar-refractivity contribution in [3.8, 4) is 0 Å². The van der Waals surface area contributed by atoms with Gasteiger partial charge in [-0.3, -0.25) is 4.79 Å². The van der Waals surface area contributed by atoms with Crippen LogP contribution in [0.3, 0.4) is 0 Å². The van der Waals surface area contributed by atoms with Crippen molar-refractivity contribution in [1.29, 1.82) is 0 Å². The topological polar surface area (TPSA) is 29.1 Å². The molecule has 0 heterocycles. The fraction of sp³-hybridized carbons (Fsp3) is 0.909. The minimum atomic E-state index is 0.290. The number of carbonyl (C=O) groups is 1. The molecule has 1 aliphatic rings. The van der Waals surface area contributed by atoms with Crippen molar-refractivity contribution in [2.24, 2.45) is 5.92 Å². The van der Waals surface area contributed by atoms with Crippen molar-refractivity contribution in [3.63, 3.8) is 0 Å². The second kappa shape index (κ2) is 5.25. The molecule has 0 bridgehead atoms. The van der Waals surface area contributed by atoms with Crippen LogP contribution in [-0.4, -0.2) is 11.9 Å². The van der Waals surface area contributed by atoms with Gasteiger partial charge in [0.05, 0.1) is 0 Å². The first-order valence-electron chi connectivity index (χ1n) is 5.54. The summed E-state index contributed by atoms with van der Waals surface area (Å²) in [6.07, 6.45) is 6.92. The van der Waals surface area contributed by atoms with E-state index in [1.54, 1.807) is 0 Å². The first-order chi connectivity index (χ1) is 6.24. The van der Waals surface area contributed by atoms with Crippen LogP contribution in [0.1, 0.15) is 52.4 Å². The number of amides is 1. The second-order valence-corrected chi connectivity index (χ2v) is 4.18. The molecule has 13 heavy (non-hydrogen) atoms. The normalized spacial score (nSPS) is 20.2. The molecule has 0 aromatic heterocycles. The van der Waals surface area contributed by atoms with Crippen molar-refractivity contribution in [2.75, 3.05) is 0 Å². The highest BCUT2D eigenvalue weighted by atomic mass is 16.1. The summed E-state index contributed by atoms with van der Waals surface area (Å²) in [7, 11) is 0. The molecule has 0 saturated heterocycles. The summed E-state index contributed by atoms with van der Waals surface area (Å²) in [5, 5.41) is 3.08. The van der Waals surface area contributed by atoms with Gasteiger partial charge >= 0.3 is 0 Å². The van der Waals surface area contributed by atoms with E-state index in [2.05, 4.69) is 19.2 Å². The number of rotatable bonds is 4. The van der Waals surface area contributed by atoms with Crippen LogP contribution in [0.15, 0.2) is 0 Å². The zero-order chi connectivity index (χ0) is 9.68. The SMILES string of the molecule is CCC[C@@H](C)NC(=O)C1CCCC1. The third-order valence-corrected chi connectivity index (χ3v) is 2.84. The Morgan fingerprint density at radius 3 is 2.62 bits per heavy atom. The maximum Gasteiger partial charge on any atom is 0.223 e. The third-order valence-electron chi connectivity index (χ3n) is 2.84. The quantitative estimate of drug-likeness (QED) is 0.712. The largest absolute Gasteiger partial charge is 0.353 e. The molecule has 0 spiro atoms. The minimum Gasteiger partial charge on any atom is -0.353 e. The van der Waals surface area contributed by atoms with E-state index in [0.717, 1.165) is 25.7 Å². The van der Waals surface area contributed by atoms with Crippen molar-refractivity contribution in [2.45, 2.75) is 58.4 Å². The van der Waals surface area contributed by atoms with Crippen molar-refractivity contribution < 1.29 is 4.79 Å². The standard InChI is InChI=1S/C11H21NO/c1-3-6-9(2)12-11(13)10-7-4-5-8-10/h9-10H,3-8H2,1-2H3,(H,12,13)/t9-/m1/s1. The van der Waals surface area contributed by atoms with Gasteiger partial charge in [0.2, 0.25) is 5.91 Å². The van der Waals surface area contributed by atoms with Gasteiger partial charge < -0.3 is 5.32 Å². The first-order valence-corrected chi connectivity index (χ1v) is 5.54. The zero-order valence-electron chi connectivity index (χ0n) is 8.81. The van der Waals surface area contributed by atoms with Gasteiger partial charge in [0, 0.05) is 12.0 Å². The van der Waals surface area contributed by atoms with Crippen molar-refractivity contribution in [3.05, 3.63) is 0 Å². The van der Waals surface area contributed by atoms with Gasteiger partial charge in [0.1, 0.15) is 0 Å². The highest BCUT2D eigenvalue weighted by molar-refractivity contribution is 5.79.